The number of carbonyl (C=O) groups is 1. The Morgan fingerprint density at radius 3 is 2.84 bits per heavy atom. The van der Waals surface area contributed by atoms with E-state index in [1.807, 2.05) is 55.1 Å². The zero-order valence-corrected chi connectivity index (χ0v) is 18.3. The van der Waals surface area contributed by atoms with Gasteiger partial charge in [0, 0.05) is 23.5 Å². The summed E-state index contributed by atoms with van der Waals surface area (Å²) in [5.41, 5.74) is 4.85. The van der Waals surface area contributed by atoms with Crippen LogP contribution in [0.25, 0.3) is 10.6 Å². The van der Waals surface area contributed by atoms with Crippen LogP contribution >= 0.6 is 11.5 Å². The fourth-order valence-electron chi connectivity index (χ4n) is 4.21. The van der Waals surface area contributed by atoms with Crippen LogP contribution < -0.4 is 10.2 Å². The lowest BCUT2D eigenvalue weighted by molar-refractivity contribution is -0.184. The van der Waals surface area contributed by atoms with Crippen LogP contribution in [0.3, 0.4) is 0 Å². The molecule has 0 aliphatic carbocycles. The molecule has 0 spiro atoms. The van der Waals surface area contributed by atoms with Gasteiger partial charge in [0.25, 0.3) is 0 Å². The predicted molar refractivity (Wildman–Crippen MR) is 121 cm³/mol. The first-order chi connectivity index (χ1) is 14.9. The molecule has 0 bridgehead atoms. The first kappa shape index (κ1) is 20.1. The van der Waals surface area contributed by atoms with Gasteiger partial charge in [-0.05, 0) is 60.6 Å². The van der Waals surface area contributed by atoms with Crippen LogP contribution in [0.4, 0.5) is 11.4 Å². The van der Waals surface area contributed by atoms with Crippen molar-refractivity contribution >= 4 is 28.8 Å². The molecule has 2 aliphatic heterocycles. The number of rotatable bonds is 5. The molecule has 0 atom stereocenters. The van der Waals surface area contributed by atoms with Crippen molar-refractivity contribution in [2.24, 2.45) is 0 Å². The minimum atomic E-state index is -0.927. The van der Waals surface area contributed by atoms with Crippen molar-refractivity contribution in [2.45, 2.75) is 25.9 Å². The van der Waals surface area contributed by atoms with Crippen LogP contribution in [0, 0.1) is 13.8 Å². The van der Waals surface area contributed by atoms with Crippen LogP contribution in [0.5, 0.6) is 0 Å². The number of carbonyl (C=O) groups excluding carboxylic acids is 1. The standard InChI is InChI=1S/C23H24N4O3S/c1-14-6-7-16(22-25-15(2)26-31-22)10-19(14)24-11-21(28)27-9-8-17-18(4-3-5-20(17)27)23(29)12-30-13-23/h3-7,10,24,29H,8-9,11-13H2,1-2H3. The Kier molecular flexibility index (Phi) is 5.00. The number of ether oxygens (including phenoxy) is 1. The lowest BCUT2D eigenvalue weighted by atomic mass is 9.87. The number of nitrogens with zero attached hydrogens (tertiary/aromatic N) is 3. The van der Waals surface area contributed by atoms with E-state index in [0.717, 1.165) is 50.9 Å². The van der Waals surface area contributed by atoms with Crippen molar-refractivity contribution < 1.29 is 14.6 Å². The molecule has 5 rings (SSSR count). The molecule has 2 aromatic carbocycles. The molecular weight excluding hydrogens is 412 g/mol. The fourth-order valence-corrected chi connectivity index (χ4v) is 4.87. The van der Waals surface area contributed by atoms with Crippen molar-refractivity contribution in [2.75, 3.05) is 36.5 Å². The molecule has 0 unspecified atom stereocenters. The molecule has 7 nitrogen and oxygen atoms in total. The Morgan fingerprint density at radius 2 is 2.13 bits per heavy atom. The molecule has 31 heavy (non-hydrogen) atoms. The quantitative estimate of drug-likeness (QED) is 0.639. The maximum atomic E-state index is 13.1. The molecule has 0 radical (unpaired) electrons. The van der Waals surface area contributed by atoms with Gasteiger partial charge in [-0.1, -0.05) is 24.3 Å². The first-order valence-corrected chi connectivity index (χ1v) is 11.1. The summed E-state index contributed by atoms with van der Waals surface area (Å²) < 4.78 is 9.47. The highest BCUT2D eigenvalue weighted by molar-refractivity contribution is 7.09. The second-order valence-electron chi connectivity index (χ2n) is 8.15. The summed E-state index contributed by atoms with van der Waals surface area (Å²) in [7, 11) is 0. The number of aryl methyl sites for hydroxylation is 2. The van der Waals surface area contributed by atoms with E-state index in [-0.39, 0.29) is 12.5 Å². The Morgan fingerprint density at radius 1 is 1.29 bits per heavy atom. The van der Waals surface area contributed by atoms with Gasteiger partial charge in [-0.3, -0.25) is 4.79 Å². The van der Waals surface area contributed by atoms with E-state index in [1.165, 1.54) is 11.5 Å². The normalized spacial score (nSPS) is 16.7. The highest BCUT2D eigenvalue weighted by atomic mass is 32.1. The molecule has 1 aromatic heterocycles. The molecule has 3 aromatic rings. The average molecular weight is 437 g/mol. The lowest BCUT2D eigenvalue weighted by Crippen LogP contribution is -2.47. The van der Waals surface area contributed by atoms with Gasteiger partial charge >= 0.3 is 0 Å². The summed E-state index contributed by atoms with van der Waals surface area (Å²) in [5.74, 6) is 0.764. The average Bonchev–Trinajstić information content (AvgIpc) is 3.37. The zero-order chi connectivity index (χ0) is 21.6. The molecule has 2 aliphatic rings. The smallest absolute Gasteiger partial charge is 0.246 e. The highest BCUT2D eigenvalue weighted by Crippen LogP contribution is 2.39. The Balaban J connectivity index is 1.32. The summed E-state index contributed by atoms with van der Waals surface area (Å²) >= 11 is 1.37. The molecule has 8 heteroatoms. The van der Waals surface area contributed by atoms with Crippen molar-refractivity contribution in [1.29, 1.82) is 0 Å². The summed E-state index contributed by atoms with van der Waals surface area (Å²) in [6, 6.07) is 11.9. The third-order valence-electron chi connectivity index (χ3n) is 5.95. The topological polar surface area (TPSA) is 87.6 Å². The van der Waals surface area contributed by atoms with Crippen LogP contribution in [-0.4, -0.2) is 46.7 Å². The fraction of sp³-hybridized carbons (Fsp3) is 0.348. The van der Waals surface area contributed by atoms with Crippen molar-refractivity contribution in [3.63, 3.8) is 0 Å². The number of benzene rings is 2. The largest absolute Gasteiger partial charge is 0.380 e. The van der Waals surface area contributed by atoms with Crippen LogP contribution in [0.15, 0.2) is 36.4 Å². The van der Waals surface area contributed by atoms with E-state index in [9.17, 15) is 9.90 Å². The number of fused-ring (bicyclic) bond motifs is 1. The molecule has 0 saturated carbocycles. The minimum Gasteiger partial charge on any atom is -0.380 e. The van der Waals surface area contributed by atoms with Gasteiger partial charge in [0.1, 0.15) is 16.4 Å². The van der Waals surface area contributed by atoms with Gasteiger partial charge in [-0.15, -0.1) is 0 Å². The highest BCUT2D eigenvalue weighted by Gasteiger charge is 2.41. The van der Waals surface area contributed by atoms with Gasteiger partial charge in [-0.25, -0.2) is 4.98 Å². The number of aliphatic hydroxyl groups is 1. The maximum Gasteiger partial charge on any atom is 0.246 e. The Bertz CT molecular complexity index is 1160. The van der Waals surface area contributed by atoms with E-state index >= 15 is 0 Å². The van der Waals surface area contributed by atoms with Gasteiger partial charge in [-0.2, -0.15) is 4.37 Å². The van der Waals surface area contributed by atoms with E-state index in [1.54, 1.807) is 0 Å². The summed E-state index contributed by atoms with van der Waals surface area (Å²) in [5, 5.41) is 14.9. The molecule has 3 heterocycles. The lowest BCUT2D eigenvalue weighted by Gasteiger charge is -2.38. The SMILES string of the molecule is Cc1nsc(-c2ccc(C)c(NCC(=O)N3CCc4c3cccc4C3(O)COC3)c2)n1. The van der Waals surface area contributed by atoms with Crippen molar-refractivity contribution in [1.82, 2.24) is 9.36 Å². The number of nitrogens with one attached hydrogen (secondary N) is 1. The molecule has 1 saturated heterocycles. The Hall–Kier alpha value is -2.81. The molecule has 1 fully saturated rings. The van der Waals surface area contributed by atoms with Gasteiger partial charge < -0.3 is 20.1 Å². The predicted octanol–water partition coefficient (Wildman–Crippen LogP) is 3.04. The van der Waals surface area contributed by atoms with E-state index in [2.05, 4.69) is 14.7 Å². The second kappa shape index (κ2) is 7.71. The minimum absolute atomic E-state index is 0.00399. The third kappa shape index (κ3) is 3.60. The van der Waals surface area contributed by atoms with Crippen LogP contribution in [0.2, 0.25) is 0 Å². The molecular formula is C23H24N4O3S. The van der Waals surface area contributed by atoms with Crippen molar-refractivity contribution in [3.8, 4) is 10.6 Å². The Labute approximate surface area is 184 Å². The maximum absolute atomic E-state index is 13.1. The monoisotopic (exact) mass is 436 g/mol. The van der Waals surface area contributed by atoms with E-state index in [0.29, 0.717) is 19.8 Å². The summed E-state index contributed by atoms with van der Waals surface area (Å²) in [4.78, 5) is 19.3. The van der Waals surface area contributed by atoms with Gasteiger partial charge in [0.05, 0.1) is 19.8 Å². The number of hydrogen-bond acceptors (Lipinski definition) is 7. The van der Waals surface area contributed by atoms with Gasteiger partial charge in [0.15, 0.2) is 0 Å². The number of amides is 1. The summed E-state index contributed by atoms with van der Waals surface area (Å²) in [6.07, 6.45) is 0.741. The van der Waals surface area contributed by atoms with Crippen molar-refractivity contribution in [3.05, 3.63) is 58.9 Å². The van der Waals surface area contributed by atoms with E-state index < -0.39 is 5.60 Å². The molecule has 2 N–H and O–H groups in total. The third-order valence-corrected chi connectivity index (χ3v) is 6.81. The molecule has 1 amide bonds. The van der Waals surface area contributed by atoms with Crippen LogP contribution in [0.1, 0.15) is 22.5 Å². The summed E-state index contributed by atoms with van der Waals surface area (Å²) in [6.45, 7) is 5.32. The zero-order valence-electron chi connectivity index (χ0n) is 17.5. The van der Waals surface area contributed by atoms with Gasteiger partial charge in [0.2, 0.25) is 5.91 Å². The number of aromatic nitrogens is 2. The van der Waals surface area contributed by atoms with E-state index in [4.69, 9.17) is 4.74 Å². The first-order valence-electron chi connectivity index (χ1n) is 10.3. The van der Waals surface area contributed by atoms with Crippen LogP contribution in [-0.2, 0) is 21.6 Å². The number of hydrogen-bond donors (Lipinski definition) is 2. The molecule has 160 valence electrons. The number of anilines is 2. The second-order valence-corrected chi connectivity index (χ2v) is 8.90.